The van der Waals surface area contributed by atoms with Crippen LogP contribution in [0, 0.1) is 5.92 Å². The summed E-state index contributed by atoms with van der Waals surface area (Å²) in [5.41, 5.74) is 4.05. The zero-order valence-electron chi connectivity index (χ0n) is 12.6. The molecule has 0 atom stereocenters. The van der Waals surface area contributed by atoms with Gasteiger partial charge in [-0.1, -0.05) is 17.7 Å². The van der Waals surface area contributed by atoms with Crippen LogP contribution in [0.4, 0.5) is 0 Å². The number of hydrogen-bond acceptors (Lipinski definition) is 4. The molecule has 2 aromatic rings. The van der Waals surface area contributed by atoms with E-state index >= 15 is 0 Å². The van der Waals surface area contributed by atoms with Crippen molar-refractivity contribution in [2.45, 2.75) is 19.8 Å². The summed E-state index contributed by atoms with van der Waals surface area (Å²) >= 11 is 5.98. The lowest BCUT2D eigenvalue weighted by molar-refractivity contribution is -0.122. The summed E-state index contributed by atoms with van der Waals surface area (Å²) in [4.78, 5) is 26.7. The minimum atomic E-state index is -0.477. The summed E-state index contributed by atoms with van der Waals surface area (Å²) in [6, 6.07) is 5.24. The number of hydrogen-bond donors (Lipinski definition) is 2. The highest BCUT2D eigenvalue weighted by atomic mass is 35.5. The van der Waals surface area contributed by atoms with Crippen LogP contribution in [0.3, 0.4) is 0 Å². The topological polar surface area (TPSA) is 83.6 Å². The maximum atomic E-state index is 12.1. The van der Waals surface area contributed by atoms with E-state index in [0.717, 1.165) is 18.2 Å². The van der Waals surface area contributed by atoms with E-state index < -0.39 is 5.97 Å². The third-order valence-corrected chi connectivity index (χ3v) is 3.83. The number of esters is 1. The molecule has 0 aliphatic heterocycles. The van der Waals surface area contributed by atoms with Crippen LogP contribution >= 0.6 is 11.6 Å². The first-order valence-electron chi connectivity index (χ1n) is 7.41. The maximum Gasteiger partial charge on any atom is 0.355 e. The molecule has 7 heteroatoms. The Labute approximate surface area is 137 Å². The Hall–Kier alpha value is -2.34. The van der Waals surface area contributed by atoms with Gasteiger partial charge in [0.2, 0.25) is 5.91 Å². The van der Waals surface area contributed by atoms with Gasteiger partial charge in [0.05, 0.1) is 12.8 Å². The number of halogens is 1. The predicted octanol–water partition coefficient (Wildman–Crippen LogP) is 2.86. The van der Waals surface area contributed by atoms with Gasteiger partial charge < -0.3 is 9.72 Å². The van der Waals surface area contributed by atoms with Gasteiger partial charge in [0.1, 0.15) is 5.69 Å². The molecule has 1 aliphatic carbocycles. The third-order valence-electron chi connectivity index (χ3n) is 3.60. The van der Waals surface area contributed by atoms with E-state index in [1.807, 2.05) is 0 Å². The van der Waals surface area contributed by atoms with Crippen molar-refractivity contribution in [1.29, 1.82) is 0 Å². The van der Waals surface area contributed by atoms with Gasteiger partial charge in [-0.15, -0.1) is 0 Å². The summed E-state index contributed by atoms with van der Waals surface area (Å²) in [5, 5.41) is 5.30. The van der Waals surface area contributed by atoms with Crippen LogP contribution in [0.1, 0.15) is 35.8 Å². The SMILES string of the molecule is CCOC(=O)c1[nH]c2cc(Cl)ccc2c1/C=N/NC(=O)C1CC1. The summed E-state index contributed by atoms with van der Waals surface area (Å²) < 4.78 is 5.05. The first-order valence-corrected chi connectivity index (χ1v) is 7.79. The van der Waals surface area contributed by atoms with E-state index in [0.29, 0.717) is 16.1 Å². The first-order chi connectivity index (χ1) is 11.1. The summed E-state index contributed by atoms with van der Waals surface area (Å²) in [5.74, 6) is -0.505. The van der Waals surface area contributed by atoms with Gasteiger partial charge >= 0.3 is 5.97 Å². The molecule has 2 N–H and O–H groups in total. The van der Waals surface area contributed by atoms with Gasteiger partial charge in [0, 0.05) is 27.4 Å². The number of amides is 1. The summed E-state index contributed by atoms with van der Waals surface area (Å²) in [7, 11) is 0. The van der Waals surface area contributed by atoms with E-state index in [4.69, 9.17) is 16.3 Å². The average Bonchev–Trinajstić information content (AvgIpc) is 3.30. The Morgan fingerprint density at radius 3 is 2.96 bits per heavy atom. The number of fused-ring (bicyclic) bond motifs is 1. The van der Waals surface area contributed by atoms with Crippen LogP contribution in [0.15, 0.2) is 23.3 Å². The lowest BCUT2D eigenvalue weighted by atomic mass is 10.1. The lowest BCUT2D eigenvalue weighted by Crippen LogP contribution is -2.19. The molecule has 0 unspecified atom stereocenters. The van der Waals surface area contributed by atoms with Crippen molar-refractivity contribution >= 4 is 40.6 Å². The smallest absolute Gasteiger partial charge is 0.355 e. The van der Waals surface area contributed by atoms with Crippen LogP contribution in [-0.2, 0) is 9.53 Å². The van der Waals surface area contributed by atoms with Crippen molar-refractivity contribution in [3.8, 4) is 0 Å². The maximum absolute atomic E-state index is 12.1. The highest BCUT2D eigenvalue weighted by Crippen LogP contribution is 2.29. The lowest BCUT2D eigenvalue weighted by Gasteiger charge is -2.01. The van der Waals surface area contributed by atoms with Gasteiger partial charge in [-0.25, -0.2) is 10.2 Å². The molecule has 0 spiro atoms. The van der Waals surface area contributed by atoms with Gasteiger partial charge in [-0.3, -0.25) is 4.79 Å². The molecule has 0 bridgehead atoms. The first kappa shape index (κ1) is 15.6. The Morgan fingerprint density at radius 2 is 2.26 bits per heavy atom. The summed E-state index contributed by atoms with van der Waals surface area (Å²) in [6.07, 6.45) is 3.27. The molecular weight excluding hydrogens is 318 g/mol. The molecule has 3 rings (SSSR count). The van der Waals surface area contributed by atoms with Gasteiger partial charge in [0.25, 0.3) is 0 Å². The molecule has 23 heavy (non-hydrogen) atoms. The van der Waals surface area contributed by atoms with E-state index in [-0.39, 0.29) is 24.1 Å². The Bertz CT molecular complexity index is 793. The van der Waals surface area contributed by atoms with Crippen LogP contribution in [-0.4, -0.2) is 29.7 Å². The molecule has 6 nitrogen and oxygen atoms in total. The van der Waals surface area contributed by atoms with Crippen molar-refractivity contribution in [3.63, 3.8) is 0 Å². The van der Waals surface area contributed by atoms with Crippen molar-refractivity contribution in [1.82, 2.24) is 10.4 Å². The Kier molecular flexibility index (Phi) is 4.34. The number of carbonyl (C=O) groups excluding carboxylic acids is 2. The second-order valence-corrected chi connectivity index (χ2v) is 5.77. The zero-order valence-corrected chi connectivity index (χ0v) is 13.3. The molecule has 1 aliphatic rings. The van der Waals surface area contributed by atoms with Crippen LogP contribution < -0.4 is 5.43 Å². The molecule has 1 heterocycles. The molecular formula is C16H16ClN3O3. The number of aromatic amines is 1. The minimum Gasteiger partial charge on any atom is -0.461 e. The predicted molar refractivity (Wildman–Crippen MR) is 87.7 cm³/mol. The molecule has 1 aromatic heterocycles. The largest absolute Gasteiger partial charge is 0.461 e. The molecule has 0 radical (unpaired) electrons. The fourth-order valence-corrected chi connectivity index (χ4v) is 2.46. The molecule has 1 aromatic carbocycles. The standard InChI is InChI=1S/C16H16ClN3O3/c1-2-23-16(22)14-12(8-18-20-15(21)9-3-4-9)11-6-5-10(17)7-13(11)19-14/h5-9,19H,2-4H2,1H3,(H,20,21)/b18-8+. The number of benzene rings is 1. The fraction of sp³-hybridized carbons (Fsp3) is 0.312. The zero-order chi connectivity index (χ0) is 16.4. The Morgan fingerprint density at radius 1 is 1.48 bits per heavy atom. The van der Waals surface area contributed by atoms with Crippen molar-refractivity contribution in [3.05, 3.63) is 34.5 Å². The second kappa shape index (κ2) is 6.42. The van der Waals surface area contributed by atoms with Crippen molar-refractivity contribution < 1.29 is 14.3 Å². The number of aromatic nitrogens is 1. The van der Waals surface area contributed by atoms with Gasteiger partial charge in [0.15, 0.2) is 0 Å². The quantitative estimate of drug-likeness (QED) is 0.501. The number of ether oxygens (including phenoxy) is 1. The number of nitrogens with one attached hydrogen (secondary N) is 2. The van der Waals surface area contributed by atoms with Crippen molar-refractivity contribution in [2.75, 3.05) is 6.61 Å². The van der Waals surface area contributed by atoms with E-state index in [1.165, 1.54) is 6.21 Å². The Balaban J connectivity index is 1.94. The van der Waals surface area contributed by atoms with E-state index in [9.17, 15) is 9.59 Å². The average molecular weight is 334 g/mol. The molecule has 120 valence electrons. The van der Waals surface area contributed by atoms with Crippen LogP contribution in [0.25, 0.3) is 10.9 Å². The normalized spacial score (nSPS) is 14.3. The third kappa shape index (κ3) is 3.37. The number of hydrazone groups is 1. The number of nitrogens with zero attached hydrogens (tertiary/aromatic N) is 1. The second-order valence-electron chi connectivity index (χ2n) is 5.33. The number of carbonyl (C=O) groups is 2. The fourth-order valence-electron chi connectivity index (χ4n) is 2.29. The van der Waals surface area contributed by atoms with Crippen LogP contribution in [0.5, 0.6) is 0 Å². The van der Waals surface area contributed by atoms with E-state index in [2.05, 4.69) is 15.5 Å². The van der Waals surface area contributed by atoms with E-state index in [1.54, 1.807) is 25.1 Å². The highest BCUT2D eigenvalue weighted by molar-refractivity contribution is 6.31. The van der Waals surface area contributed by atoms with Crippen LogP contribution in [0.2, 0.25) is 5.02 Å². The molecule has 1 saturated carbocycles. The number of H-pyrrole nitrogens is 1. The monoisotopic (exact) mass is 333 g/mol. The highest BCUT2D eigenvalue weighted by Gasteiger charge is 2.29. The van der Waals surface area contributed by atoms with Gasteiger partial charge in [-0.2, -0.15) is 5.10 Å². The molecule has 0 saturated heterocycles. The number of rotatable bonds is 5. The molecule has 1 amide bonds. The summed E-state index contributed by atoms with van der Waals surface area (Å²) in [6.45, 7) is 2.00. The molecule has 1 fully saturated rings. The van der Waals surface area contributed by atoms with Gasteiger partial charge in [-0.05, 0) is 31.9 Å². The minimum absolute atomic E-state index is 0.0680. The van der Waals surface area contributed by atoms with Crippen molar-refractivity contribution in [2.24, 2.45) is 11.0 Å².